The van der Waals surface area contributed by atoms with Gasteiger partial charge in [-0.15, -0.1) is 0 Å². The zero-order chi connectivity index (χ0) is 15.4. The molecule has 0 amide bonds. The second-order valence-corrected chi connectivity index (χ2v) is 6.49. The quantitative estimate of drug-likeness (QED) is 0.787. The maximum atomic E-state index is 5.93. The molecule has 0 unspecified atom stereocenters. The van der Waals surface area contributed by atoms with E-state index in [0.29, 0.717) is 23.0 Å². The summed E-state index contributed by atoms with van der Waals surface area (Å²) < 4.78 is 4.88. The van der Waals surface area contributed by atoms with Gasteiger partial charge >= 0.3 is 0 Å². The predicted molar refractivity (Wildman–Crippen MR) is 87.3 cm³/mol. The summed E-state index contributed by atoms with van der Waals surface area (Å²) in [4.78, 5) is 2.38. The highest BCUT2D eigenvalue weighted by molar-refractivity contribution is 5.95. The average molecular weight is 290 g/mol. The molecule has 0 aliphatic heterocycles. The number of hydrogen-bond acceptors (Lipinski definition) is 5. The summed E-state index contributed by atoms with van der Waals surface area (Å²) in [5, 5.41) is 7.96. The van der Waals surface area contributed by atoms with Crippen molar-refractivity contribution < 1.29 is 4.63 Å². The second-order valence-electron chi connectivity index (χ2n) is 6.49. The first-order chi connectivity index (χ1) is 9.99. The van der Waals surface area contributed by atoms with Crippen molar-refractivity contribution in [3.8, 4) is 0 Å². The molecule has 0 spiro atoms. The first kappa shape index (κ1) is 15.6. The zero-order valence-corrected chi connectivity index (χ0v) is 13.5. The average Bonchev–Trinajstić information content (AvgIpc) is 2.90. The molecule has 2 N–H and O–H groups in total. The molecule has 0 saturated carbocycles. The van der Waals surface area contributed by atoms with E-state index in [1.807, 2.05) is 12.1 Å². The monoisotopic (exact) mass is 290 g/mol. The Morgan fingerprint density at radius 3 is 2.14 bits per heavy atom. The predicted octanol–water partition coefficient (Wildman–Crippen LogP) is 3.70. The number of nitrogen functional groups attached to an aromatic ring is 1. The van der Waals surface area contributed by atoms with Gasteiger partial charge in [0.2, 0.25) is 0 Å². The first-order valence-electron chi connectivity index (χ1n) is 7.74. The van der Waals surface area contributed by atoms with Crippen molar-refractivity contribution in [2.75, 3.05) is 23.7 Å². The van der Waals surface area contributed by atoms with Crippen molar-refractivity contribution in [1.29, 1.82) is 0 Å². The minimum absolute atomic E-state index is 0.614. The van der Waals surface area contributed by atoms with Crippen molar-refractivity contribution in [2.24, 2.45) is 11.8 Å². The molecule has 0 bridgehead atoms. The number of nitrogens with zero attached hydrogens (tertiary/aromatic N) is 3. The van der Waals surface area contributed by atoms with Crippen LogP contribution >= 0.6 is 0 Å². The summed E-state index contributed by atoms with van der Waals surface area (Å²) in [6, 6.07) is 3.92. The SMILES string of the molecule is CC(C)CCN(CCC(C)C)c1ccc(N)c2nonc12. The molecule has 0 aliphatic rings. The lowest BCUT2D eigenvalue weighted by atomic mass is 10.1. The summed E-state index contributed by atoms with van der Waals surface area (Å²) >= 11 is 0. The van der Waals surface area contributed by atoms with Crippen LogP contribution in [0.1, 0.15) is 40.5 Å². The summed E-state index contributed by atoms with van der Waals surface area (Å²) in [6.07, 6.45) is 2.30. The Hall–Kier alpha value is -1.78. The molecule has 116 valence electrons. The van der Waals surface area contributed by atoms with Crippen molar-refractivity contribution >= 4 is 22.4 Å². The first-order valence-corrected chi connectivity index (χ1v) is 7.74. The molecule has 5 heteroatoms. The van der Waals surface area contributed by atoms with Gasteiger partial charge in [-0.1, -0.05) is 27.7 Å². The van der Waals surface area contributed by atoms with Gasteiger partial charge < -0.3 is 10.6 Å². The van der Waals surface area contributed by atoms with E-state index in [0.717, 1.165) is 37.1 Å². The van der Waals surface area contributed by atoms with E-state index in [1.54, 1.807) is 0 Å². The van der Waals surface area contributed by atoms with Crippen LogP contribution in [0.2, 0.25) is 0 Å². The third-order valence-electron chi connectivity index (χ3n) is 3.72. The van der Waals surface area contributed by atoms with Crippen LogP contribution in [-0.4, -0.2) is 23.4 Å². The Labute approximate surface area is 126 Å². The van der Waals surface area contributed by atoms with Crippen molar-refractivity contribution in [3.05, 3.63) is 12.1 Å². The number of aromatic nitrogens is 2. The van der Waals surface area contributed by atoms with Gasteiger partial charge in [-0.3, -0.25) is 0 Å². The smallest absolute Gasteiger partial charge is 0.160 e. The highest BCUT2D eigenvalue weighted by atomic mass is 16.6. The van der Waals surface area contributed by atoms with E-state index in [4.69, 9.17) is 10.4 Å². The molecule has 1 aromatic carbocycles. The van der Waals surface area contributed by atoms with Gasteiger partial charge in [0, 0.05) is 13.1 Å². The number of nitrogens with two attached hydrogens (primary N) is 1. The summed E-state index contributed by atoms with van der Waals surface area (Å²) in [5.74, 6) is 1.34. The van der Waals surface area contributed by atoms with Crippen LogP contribution in [0.15, 0.2) is 16.8 Å². The van der Waals surface area contributed by atoms with Crippen LogP contribution < -0.4 is 10.6 Å². The Morgan fingerprint density at radius 2 is 1.57 bits per heavy atom. The molecule has 1 aromatic heterocycles. The second kappa shape index (κ2) is 6.78. The molecule has 0 fully saturated rings. The van der Waals surface area contributed by atoms with Crippen molar-refractivity contribution in [2.45, 2.75) is 40.5 Å². The summed E-state index contributed by atoms with van der Waals surface area (Å²) in [6.45, 7) is 11.0. The van der Waals surface area contributed by atoms with Gasteiger partial charge in [0.15, 0.2) is 11.0 Å². The molecule has 0 radical (unpaired) electrons. The fraction of sp³-hybridized carbons (Fsp3) is 0.625. The Kier molecular flexibility index (Phi) is 5.04. The summed E-state index contributed by atoms with van der Waals surface area (Å²) in [7, 11) is 0. The van der Waals surface area contributed by atoms with E-state index in [9.17, 15) is 0 Å². The normalized spacial score (nSPS) is 11.7. The lowest BCUT2D eigenvalue weighted by Gasteiger charge is -2.26. The Balaban J connectivity index is 2.28. The zero-order valence-electron chi connectivity index (χ0n) is 13.5. The lowest BCUT2D eigenvalue weighted by molar-refractivity contribution is 0.315. The standard InChI is InChI=1S/C16H26N4O/c1-11(2)7-9-20(10-8-12(3)4)14-6-5-13(17)15-16(14)19-21-18-15/h5-6,11-12H,7-10,17H2,1-4H3. The van der Waals surface area contributed by atoms with E-state index >= 15 is 0 Å². The van der Waals surface area contributed by atoms with E-state index in [-0.39, 0.29) is 0 Å². The molecule has 0 atom stereocenters. The molecule has 2 aromatic rings. The van der Waals surface area contributed by atoms with Gasteiger partial charge in [-0.2, -0.15) is 0 Å². The summed E-state index contributed by atoms with van der Waals surface area (Å²) in [5.41, 5.74) is 9.04. The van der Waals surface area contributed by atoms with Gasteiger partial charge in [0.25, 0.3) is 0 Å². The number of benzene rings is 1. The maximum absolute atomic E-state index is 5.93. The van der Waals surface area contributed by atoms with Gasteiger partial charge in [-0.05, 0) is 47.1 Å². The van der Waals surface area contributed by atoms with Crippen LogP contribution in [0.25, 0.3) is 11.0 Å². The molecule has 21 heavy (non-hydrogen) atoms. The maximum Gasteiger partial charge on any atom is 0.160 e. The van der Waals surface area contributed by atoms with Crippen LogP contribution in [0, 0.1) is 11.8 Å². The Morgan fingerprint density at radius 1 is 1.00 bits per heavy atom. The third kappa shape index (κ3) is 3.86. The third-order valence-corrected chi connectivity index (χ3v) is 3.72. The van der Waals surface area contributed by atoms with E-state index in [1.165, 1.54) is 0 Å². The molecule has 0 saturated heterocycles. The fourth-order valence-electron chi connectivity index (χ4n) is 2.31. The molecule has 0 aliphatic carbocycles. The number of hydrogen-bond donors (Lipinski definition) is 1. The van der Waals surface area contributed by atoms with E-state index < -0.39 is 0 Å². The van der Waals surface area contributed by atoms with Crippen molar-refractivity contribution in [1.82, 2.24) is 10.3 Å². The van der Waals surface area contributed by atoms with Crippen molar-refractivity contribution in [3.63, 3.8) is 0 Å². The largest absolute Gasteiger partial charge is 0.397 e. The van der Waals surface area contributed by atoms with Crippen LogP contribution in [-0.2, 0) is 0 Å². The van der Waals surface area contributed by atoms with Gasteiger partial charge in [0.05, 0.1) is 11.4 Å². The lowest BCUT2D eigenvalue weighted by Crippen LogP contribution is -2.27. The van der Waals surface area contributed by atoms with Gasteiger partial charge in [-0.25, -0.2) is 4.63 Å². The molecule has 1 heterocycles. The Bertz CT molecular complexity index is 565. The molecular formula is C16H26N4O. The minimum Gasteiger partial charge on any atom is -0.397 e. The molecule has 5 nitrogen and oxygen atoms in total. The van der Waals surface area contributed by atoms with Crippen LogP contribution in [0.5, 0.6) is 0 Å². The van der Waals surface area contributed by atoms with Crippen LogP contribution in [0.4, 0.5) is 11.4 Å². The van der Waals surface area contributed by atoms with Gasteiger partial charge in [0.1, 0.15) is 0 Å². The number of anilines is 2. The number of rotatable bonds is 7. The highest BCUT2D eigenvalue weighted by Gasteiger charge is 2.16. The number of fused-ring (bicyclic) bond motifs is 1. The highest BCUT2D eigenvalue weighted by Crippen LogP contribution is 2.29. The van der Waals surface area contributed by atoms with Crippen LogP contribution in [0.3, 0.4) is 0 Å². The minimum atomic E-state index is 0.614. The topological polar surface area (TPSA) is 68.2 Å². The molecular weight excluding hydrogens is 264 g/mol. The van der Waals surface area contributed by atoms with E-state index in [2.05, 4.69) is 42.9 Å². The fourth-order valence-corrected chi connectivity index (χ4v) is 2.31. The molecule has 2 rings (SSSR count).